The number of rotatable bonds is 2. The summed E-state index contributed by atoms with van der Waals surface area (Å²) < 4.78 is 0.883. The predicted octanol–water partition coefficient (Wildman–Crippen LogP) is 4.30. The third-order valence-corrected chi connectivity index (χ3v) is 4.12. The number of nitrogens with zero attached hydrogens (tertiary/aromatic N) is 1. The van der Waals surface area contributed by atoms with Crippen LogP contribution < -0.4 is 5.32 Å². The molecule has 98 valence electrons. The van der Waals surface area contributed by atoms with Gasteiger partial charge in [-0.05, 0) is 52.0 Å². The predicted molar refractivity (Wildman–Crippen MR) is 79.7 cm³/mol. The highest BCUT2D eigenvalue weighted by atomic mass is 79.9. The Morgan fingerprint density at radius 3 is 3.11 bits per heavy atom. The average molecular weight is 340 g/mol. The molecular formula is C14H12BrClN2O. The van der Waals surface area contributed by atoms with Crippen LogP contribution in [0.4, 0.5) is 5.69 Å². The molecule has 1 aromatic heterocycles. The fourth-order valence-electron chi connectivity index (χ4n) is 2.50. The van der Waals surface area contributed by atoms with Crippen LogP contribution in [0.3, 0.4) is 0 Å². The zero-order valence-corrected chi connectivity index (χ0v) is 12.4. The van der Waals surface area contributed by atoms with E-state index in [-0.39, 0.29) is 6.04 Å². The molecule has 0 aliphatic heterocycles. The third-order valence-electron chi connectivity index (χ3n) is 3.38. The summed E-state index contributed by atoms with van der Waals surface area (Å²) in [6, 6.07) is 7.72. The van der Waals surface area contributed by atoms with Gasteiger partial charge in [0.25, 0.3) is 0 Å². The third kappa shape index (κ3) is 2.42. The Morgan fingerprint density at radius 1 is 1.42 bits per heavy atom. The molecule has 0 saturated heterocycles. The van der Waals surface area contributed by atoms with Gasteiger partial charge in [0.1, 0.15) is 5.75 Å². The first-order chi connectivity index (χ1) is 9.15. The van der Waals surface area contributed by atoms with E-state index in [9.17, 15) is 5.11 Å². The fraction of sp³-hybridized carbons (Fsp3) is 0.214. The first kappa shape index (κ1) is 12.8. The van der Waals surface area contributed by atoms with Crippen molar-refractivity contribution in [3.63, 3.8) is 0 Å². The number of hydrogen-bond donors (Lipinski definition) is 2. The van der Waals surface area contributed by atoms with E-state index in [0.29, 0.717) is 10.9 Å². The topological polar surface area (TPSA) is 45.1 Å². The second kappa shape index (κ2) is 5.02. The minimum Gasteiger partial charge on any atom is -0.508 e. The van der Waals surface area contributed by atoms with Crippen LogP contribution in [0, 0.1) is 0 Å². The van der Waals surface area contributed by atoms with Crippen LogP contribution in [0.1, 0.15) is 23.6 Å². The zero-order valence-electron chi connectivity index (χ0n) is 10.0. The lowest BCUT2D eigenvalue weighted by Crippen LogP contribution is -2.07. The first-order valence-corrected chi connectivity index (χ1v) is 7.20. The van der Waals surface area contributed by atoms with Crippen LogP contribution >= 0.6 is 27.5 Å². The number of aromatic nitrogens is 1. The van der Waals surface area contributed by atoms with E-state index in [2.05, 4.69) is 26.2 Å². The maximum absolute atomic E-state index is 9.84. The Balaban J connectivity index is 1.91. The van der Waals surface area contributed by atoms with Gasteiger partial charge in [-0.2, -0.15) is 0 Å². The van der Waals surface area contributed by atoms with Gasteiger partial charge in [0, 0.05) is 10.7 Å². The van der Waals surface area contributed by atoms with Gasteiger partial charge in [-0.25, -0.2) is 4.98 Å². The van der Waals surface area contributed by atoms with Gasteiger partial charge < -0.3 is 10.4 Å². The second-order valence-electron chi connectivity index (χ2n) is 4.57. The van der Waals surface area contributed by atoms with Crippen molar-refractivity contribution in [1.82, 2.24) is 4.98 Å². The number of pyridine rings is 1. The normalized spacial score (nSPS) is 17.3. The van der Waals surface area contributed by atoms with Crippen molar-refractivity contribution in [2.24, 2.45) is 0 Å². The summed E-state index contributed by atoms with van der Waals surface area (Å²) in [6.07, 6.45) is 3.48. The molecule has 3 nitrogen and oxygen atoms in total. The Hall–Kier alpha value is -1.26. The van der Waals surface area contributed by atoms with E-state index in [0.717, 1.165) is 34.1 Å². The van der Waals surface area contributed by atoms with Crippen molar-refractivity contribution < 1.29 is 5.11 Å². The maximum atomic E-state index is 9.84. The summed E-state index contributed by atoms with van der Waals surface area (Å²) in [5.41, 5.74) is 2.97. The Morgan fingerprint density at radius 2 is 2.26 bits per heavy atom. The number of aromatic hydroxyl groups is 1. The monoisotopic (exact) mass is 338 g/mol. The van der Waals surface area contributed by atoms with Crippen molar-refractivity contribution in [3.05, 3.63) is 51.2 Å². The number of fused-ring (bicyclic) bond motifs is 1. The molecule has 0 saturated carbocycles. The summed E-state index contributed by atoms with van der Waals surface area (Å²) >= 11 is 9.48. The smallest absolute Gasteiger partial charge is 0.152 e. The van der Waals surface area contributed by atoms with Crippen molar-refractivity contribution >= 4 is 33.2 Å². The van der Waals surface area contributed by atoms with Gasteiger partial charge >= 0.3 is 0 Å². The number of halogens is 2. The van der Waals surface area contributed by atoms with E-state index in [1.54, 1.807) is 12.3 Å². The molecule has 1 unspecified atom stereocenters. The molecule has 1 atom stereocenters. The number of phenolic OH excluding ortho intramolecular Hbond substituents is 1. The number of hydrogen-bond acceptors (Lipinski definition) is 3. The molecule has 0 spiro atoms. The second-order valence-corrected chi connectivity index (χ2v) is 5.85. The lowest BCUT2D eigenvalue weighted by Gasteiger charge is -2.16. The Labute approximate surface area is 124 Å². The summed E-state index contributed by atoms with van der Waals surface area (Å²) in [4.78, 5) is 4.10. The quantitative estimate of drug-likeness (QED) is 0.802. The fourth-order valence-corrected chi connectivity index (χ4v) is 2.99. The molecule has 19 heavy (non-hydrogen) atoms. The standard InChI is InChI=1S/C14H12BrClN2O/c15-8-6-12(14(16)17-7-8)18-11-5-4-10-9(11)2-1-3-13(10)19/h1-3,6-7,11,18-19H,4-5H2. The van der Waals surface area contributed by atoms with Crippen molar-refractivity contribution in [3.8, 4) is 5.75 Å². The lowest BCUT2D eigenvalue weighted by molar-refractivity contribution is 0.469. The summed E-state index contributed by atoms with van der Waals surface area (Å²) in [7, 11) is 0. The molecule has 0 fully saturated rings. The molecule has 1 heterocycles. The van der Waals surface area contributed by atoms with Crippen molar-refractivity contribution in [2.45, 2.75) is 18.9 Å². The van der Waals surface area contributed by atoms with E-state index < -0.39 is 0 Å². The van der Waals surface area contributed by atoms with Crippen LogP contribution in [0.2, 0.25) is 5.15 Å². The van der Waals surface area contributed by atoms with E-state index in [1.807, 2.05) is 18.2 Å². The number of nitrogens with one attached hydrogen (secondary N) is 1. The van der Waals surface area contributed by atoms with E-state index in [4.69, 9.17) is 11.6 Å². The van der Waals surface area contributed by atoms with Crippen molar-refractivity contribution in [1.29, 1.82) is 0 Å². The molecule has 0 bridgehead atoms. The molecule has 5 heteroatoms. The summed E-state index contributed by atoms with van der Waals surface area (Å²) in [5.74, 6) is 0.375. The molecule has 2 N–H and O–H groups in total. The molecule has 3 rings (SSSR count). The lowest BCUT2D eigenvalue weighted by atomic mass is 10.1. The average Bonchev–Trinajstić information content (AvgIpc) is 2.79. The molecule has 1 aliphatic rings. The maximum Gasteiger partial charge on any atom is 0.152 e. The van der Waals surface area contributed by atoms with Gasteiger partial charge in [-0.15, -0.1) is 0 Å². The SMILES string of the molecule is Oc1cccc2c1CCC2Nc1cc(Br)cnc1Cl. The van der Waals surface area contributed by atoms with Gasteiger partial charge in [0.15, 0.2) is 5.15 Å². The largest absolute Gasteiger partial charge is 0.508 e. The molecule has 1 aliphatic carbocycles. The Kier molecular flexibility index (Phi) is 3.37. The van der Waals surface area contributed by atoms with E-state index in [1.165, 1.54) is 0 Å². The van der Waals surface area contributed by atoms with Gasteiger partial charge in [0.2, 0.25) is 0 Å². The van der Waals surface area contributed by atoms with Gasteiger partial charge in [-0.1, -0.05) is 23.7 Å². The van der Waals surface area contributed by atoms with Crippen LogP contribution in [0.25, 0.3) is 0 Å². The first-order valence-electron chi connectivity index (χ1n) is 6.03. The van der Waals surface area contributed by atoms with Crippen LogP contribution in [-0.4, -0.2) is 10.1 Å². The minimum absolute atomic E-state index is 0.163. The number of anilines is 1. The minimum atomic E-state index is 0.163. The van der Waals surface area contributed by atoms with Gasteiger partial charge in [0.05, 0.1) is 11.7 Å². The Bertz CT molecular complexity index is 633. The van der Waals surface area contributed by atoms with Crippen LogP contribution in [-0.2, 0) is 6.42 Å². The highest BCUT2D eigenvalue weighted by molar-refractivity contribution is 9.10. The molecule has 0 amide bonds. The van der Waals surface area contributed by atoms with Crippen LogP contribution in [0.15, 0.2) is 34.9 Å². The summed E-state index contributed by atoms with van der Waals surface area (Å²) in [5, 5.41) is 13.7. The van der Waals surface area contributed by atoms with Crippen molar-refractivity contribution in [2.75, 3.05) is 5.32 Å². The molecule has 0 radical (unpaired) electrons. The highest BCUT2D eigenvalue weighted by Gasteiger charge is 2.25. The van der Waals surface area contributed by atoms with E-state index >= 15 is 0 Å². The highest BCUT2D eigenvalue weighted by Crippen LogP contribution is 2.39. The zero-order chi connectivity index (χ0) is 13.4. The number of phenols is 1. The molecule has 1 aromatic carbocycles. The number of benzene rings is 1. The van der Waals surface area contributed by atoms with Gasteiger partial charge in [-0.3, -0.25) is 0 Å². The summed E-state index contributed by atoms with van der Waals surface area (Å²) in [6.45, 7) is 0. The molecule has 2 aromatic rings. The molecular weight excluding hydrogens is 328 g/mol. The van der Waals surface area contributed by atoms with Crippen LogP contribution in [0.5, 0.6) is 5.75 Å².